The van der Waals surface area contributed by atoms with Crippen LogP contribution in [-0.4, -0.2) is 24.1 Å². The molecular weight excluding hydrogens is 226 g/mol. The first-order chi connectivity index (χ1) is 8.74. The summed E-state index contributed by atoms with van der Waals surface area (Å²) in [6.45, 7) is 1.69. The number of anilines is 1. The quantitative estimate of drug-likeness (QED) is 0.834. The second-order valence-electron chi connectivity index (χ2n) is 4.83. The van der Waals surface area contributed by atoms with Crippen molar-refractivity contribution in [2.45, 2.75) is 18.9 Å². The number of nitrogens with zero attached hydrogens (tertiary/aromatic N) is 2. The Kier molecular flexibility index (Phi) is 2.80. The Balaban J connectivity index is 1.98. The van der Waals surface area contributed by atoms with Crippen LogP contribution in [0, 0.1) is 0 Å². The van der Waals surface area contributed by atoms with Crippen molar-refractivity contribution < 1.29 is 5.11 Å². The molecule has 0 amide bonds. The third-order valence-electron chi connectivity index (χ3n) is 3.55. The molecule has 2 aromatic rings. The molecule has 18 heavy (non-hydrogen) atoms. The number of hydrogen-bond acceptors (Lipinski definition) is 3. The lowest BCUT2D eigenvalue weighted by molar-refractivity contribution is 0.337. The molecule has 1 aliphatic rings. The number of aromatic nitrogens is 1. The lowest BCUT2D eigenvalue weighted by Gasteiger charge is -2.31. The van der Waals surface area contributed by atoms with E-state index in [9.17, 15) is 5.11 Å². The largest absolute Gasteiger partial charge is 0.367 e. The first-order valence-corrected chi connectivity index (χ1v) is 6.31. The topological polar surface area (TPSA) is 62.0 Å². The second-order valence-corrected chi connectivity index (χ2v) is 4.83. The molecule has 1 fully saturated rings. The maximum Gasteiger partial charge on any atom is 0.293 e. The van der Waals surface area contributed by atoms with Crippen LogP contribution in [0.15, 0.2) is 30.3 Å². The van der Waals surface area contributed by atoms with Gasteiger partial charge in [0.15, 0.2) is 0 Å². The molecule has 2 heterocycles. The molecule has 0 bridgehead atoms. The Hall–Kier alpha value is -1.81. The summed E-state index contributed by atoms with van der Waals surface area (Å²) in [6.07, 6.45) is 1.87. The van der Waals surface area contributed by atoms with Crippen molar-refractivity contribution in [1.29, 1.82) is 0 Å². The van der Waals surface area contributed by atoms with Gasteiger partial charge in [0, 0.05) is 24.5 Å². The maximum absolute atomic E-state index is 12.0. The van der Waals surface area contributed by atoms with E-state index in [1.165, 1.54) is 0 Å². The molecular formula is C14H16N3O. The molecule has 0 atom stereocenters. The van der Waals surface area contributed by atoms with E-state index in [-0.39, 0.29) is 11.9 Å². The maximum atomic E-state index is 12.0. The average molecular weight is 242 g/mol. The lowest BCUT2D eigenvalue weighted by Crippen LogP contribution is -2.39. The van der Waals surface area contributed by atoms with Crippen molar-refractivity contribution in [2.24, 2.45) is 5.73 Å². The molecule has 4 heteroatoms. The van der Waals surface area contributed by atoms with Gasteiger partial charge >= 0.3 is 0 Å². The van der Waals surface area contributed by atoms with Crippen molar-refractivity contribution in [3.63, 3.8) is 0 Å². The SMILES string of the molecule is NC1CCN(c2cc3ccccc3nc2[O])CC1. The molecule has 3 rings (SSSR count). The van der Waals surface area contributed by atoms with Gasteiger partial charge < -0.3 is 10.6 Å². The summed E-state index contributed by atoms with van der Waals surface area (Å²) >= 11 is 0. The van der Waals surface area contributed by atoms with Crippen molar-refractivity contribution >= 4 is 16.6 Å². The van der Waals surface area contributed by atoms with Gasteiger partial charge in [0.25, 0.3) is 5.88 Å². The smallest absolute Gasteiger partial charge is 0.293 e. The fraction of sp³-hybridized carbons (Fsp3) is 0.357. The summed E-state index contributed by atoms with van der Waals surface area (Å²) in [7, 11) is 0. The fourth-order valence-corrected chi connectivity index (χ4v) is 2.45. The van der Waals surface area contributed by atoms with Gasteiger partial charge in [-0.05, 0) is 25.0 Å². The minimum absolute atomic E-state index is 0.135. The standard InChI is InChI=1S/C14H16N3O/c15-11-5-7-17(8-6-11)13-9-10-3-1-2-4-12(10)16-14(13)18/h1-4,9,11H,5-8,15H2. The van der Waals surface area contributed by atoms with Gasteiger partial charge in [0.1, 0.15) is 5.69 Å². The molecule has 1 aliphatic heterocycles. The molecule has 2 N–H and O–H groups in total. The Labute approximate surface area is 106 Å². The highest BCUT2D eigenvalue weighted by atomic mass is 16.3. The van der Waals surface area contributed by atoms with Crippen LogP contribution < -0.4 is 10.6 Å². The number of benzene rings is 1. The Morgan fingerprint density at radius 2 is 1.94 bits per heavy atom. The summed E-state index contributed by atoms with van der Waals surface area (Å²) in [5.74, 6) is -0.135. The summed E-state index contributed by atoms with van der Waals surface area (Å²) in [5, 5.41) is 13.0. The summed E-state index contributed by atoms with van der Waals surface area (Å²) in [5.41, 5.74) is 7.36. The summed E-state index contributed by atoms with van der Waals surface area (Å²) in [4.78, 5) is 6.24. The van der Waals surface area contributed by atoms with Crippen molar-refractivity contribution in [2.75, 3.05) is 18.0 Å². The highest BCUT2D eigenvalue weighted by Crippen LogP contribution is 2.31. The van der Waals surface area contributed by atoms with Crippen molar-refractivity contribution in [3.05, 3.63) is 30.3 Å². The monoisotopic (exact) mass is 242 g/mol. The highest BCUT2D eigenvalue weighted by Gasteiger charge is 2.20. The molecule has 0 spiro atoms. The Morgan fingerprint density at radius 3 is 2.72 bits per heavy atom. The molecule has 4 nitrogen and oxygen atoms in total. The van der Waals surface area contributed by atoms with Gasteiger partial charge in [-0.25, -0.2) is 4.98 Å². The summed E-state index contributed by atoms with van der Waals surface area (Å²) in [6, 6.07) is 9.93. The van der Waals surface area contributed by atoms with E-state index < -0.39 is 0 Å². The predicted molar refractivity (Wildman–Crippen MR) is 71.3 cm³/mol. The van der Waals surface area contributed by atoms with Crippen LogP contribution in [0.3, 0.4) is 0 Å². The first kappa shape index (κ1) is 11.3. The minimum atomic E-state index is -0.135. The van der Waals surface area contributed by atoms with E-state index in [0.717, 1.165) is 36.8 Å². The van der Waals surface area contributed by atoms with E-state index in [1.807, 2.05) is 30.3 Å². The zero-order valence-electron chi connectivity index (χ0n) is 10.2. The molecule has 1 saturated heterocycles. The molecule has 93 valence electrons. The van der Waals surface area contributed by atoms with E-state index in [0.29, 0.717) is 5.69 Å². The number of hydrogen-bond donors (Lipinski definition) is 1. The number of nitrogens with two attached hydrogens (primary N) is 1. The summed E-state index contributed by atoms with van der Waals surface area (Å²) < 4.78 is 0. The van der Waals surface area contributed by atoms with Crippen molar-refractivity contribution in [3.8, 4) is 5.88 Å². The van der Waals surface area contributed by atoms with Gasteiger partial charge in [0.05, 0.1) is 5.52 Å². The van der Waals surface area contributed by atoms with Gasteiger partial charge in [-0.3, -0.25) is 5.11 Å². The number of rotatable bonds is 1. The van der Waals surface area contributed by atoms with Crippen LogP contribution in [0.5, 0.6) is 5.88 Å². The molecule has 1 radical (unpaired) electrons. The molecule has 1 aromatic heterocycles. The van der Waals surface area contributed by atoms with Crippen molar-refractivity contribution in [1.82, 2.24) is 4.98 Å². The predicted octanol–water partition coefficient (Wildman–Crippen LogP) is 2.31. The van der Waals surface area contributed by atoms with Crippen LogP contribution in [0.2, 0.25) is 0 Å². The third-order valence-corrected chi connectivity index (χ3v) is 3.55. The van der Waals surface area contributed by atoms with Crippen LogP contribution in [0.25, 0.3) is 10.9 Å². The van der Waals surface area contributed by atoms with Crippen LogP contribution in [0.1, 0.15) is 12.8 Å². The third kappa shape index (κ3) is 1.99. The van der Waals surface area contributed by atoms with Crippen LogP contribution in [0.4, 0.5) is 5.69 Å². The Bertz CT molecular complexity index is 562. The number of piperidine rings is 1. The van der Waals surface area contributed by atoms with Gasteiger partial charge in [-0.2, -0.15) is 0 Å². The van der Waals surface area contributed by atoms with Gasteiger partial charge in [-0.15, -0.1) is 0 Å². The number of fused-ring (bicyclic) bond motifs is 1. The van der Waals surface area contributed by atoms with Gasteiger partial charge in [-0.1, -0.05) is 18.2 Å². The fourth-order valence-electron chi connectivity index (χ4n) is 2.45. The average Bonchev–Trinajstić information content (AvgIpc) is 2.39. The van der Waals surface area contributed by atoms with E-state index in [1.54, 1.807) is 0 Å². The van der Waals surface area contributed by atoms with E-state index in [4.69, 9.17) is 5.73 Å². The Morgan fingerprint density at radius 1 is 1.22 bits per heavy atom. The zero-order chi connectivity index (χ0) is 12.5. The highest BCUT2D eigenvalue weighted by molar-refractivity contribution is 5.83. The second kappa shape index (κ2) is 4.46. The molecule has 0 unspecified atom stereocenters. The van der Waals surface area contributed by atoms with E-state index >= 15 is 0 Å². The van der Waals surface area contributed by atoms with Crippen LogP contribution >= 0.6 is 0 Å². The number of para-hydroxylation sites is 1. The van der Waals surface area contributed by atoms with E-state index in [2.05, 4.69) is 9.88 Å². The normalized spacial score (nSPS) is 17.3. The van der Waals surface area contributed by atoms with Crippen LogP contribution in [-0.2, 0) is 5.11 Å². The number of pyridine rings is 1. The zero-order valence-corrected chi connectivity index (χ0v) is 10.2. The molecule has 0 aliphatic carbocycles. The minimum Gasteiger partial charge on any atom is -0.367 e. The molecule has 0 saturated carbocycles. The lowest BCUT2D eigenvalue weighted by atomic mass is 10.1. The first-order valence-electron chi connectivity index (χ1n) is 6.31. The molecule has 1 aromatic carbocycles. The van der Waals surface area contributed by atoms with Gasteiger partial charge in [0.2, 0.25) is 0 Å².